The van der Waals surface area contributed by atoms with Crippen molar-refractivity contribution in [1.29, 1.82) is 0 Å². The molecule has 0 aliphatic carbocycles. The molecule has 2 aromatic rings. The van der Waals surface area contributed by atoms with Gasteiger partial charge in [0.2, 0.25) is 0 Å². The lowest BCUT2D eigenvalue weighted by Gasteiger charge is -2.06. The number of ether oxygens (including phenoxy) is 2. The van der Waals surface area contributed by atoms with Gasteiger partial charge >= 0.3 is 6.16 Å². The zero-order valence-corrected chi connectivity index (χ0v) is 9.92. The number of anilines is 1. The van der Waals surface area contributed by atoms with Gasteiger partial charge in [0, 0.05) is 11.8 Å². The second kappa shape index (κ2) is 5.23. The van der Waals surface area contributed by atoms with Gasteiger partial charge in [0.25, 0.3) is 0 Å². The van der Waals surface area contributed by atoms with E-state index in [-0.39, 0.29) is 0 Å². The number of nitrogens with two attached hydrogens (primary N) is 1. The van der Waals surface area contributed by atoms with Crippen LogP contribution in [0.5, 0.6) is 11.5 Å². The molecule has 0 radical (unpaired) electrons. The molecule has 0 unspecified atom stereocenters. The highest BCUT2D eigenvalue weighted by Crippen LogP contribution is 2.19. The van der Waals surface area contributed by atoms with E-state index in [9.17, 15) is 4.79 Å². The normalized spacial score (nSPS) is 9.83. The number of nitrogen functional groups attached to an aromatic ring is 1. The van der Waals surface area contributed by atoms with Crippen molar-refractivity contribution in [3.8, 4) is 11.5 Å². The highest BCUT2D eigenvalue weighted by Gasteiger charge is 2.08. The summed E-state index contributed by atoms with van der Waals surface area (Å²) in [5.41, 5.74) is 7.22. The molecular weight excluding hydrogens is 230 g/mol. The van der Waals surface area contributed by atoms with Crippen molar-refractivity contribution in [1.82, 2.24) is 0 Å². The third kappa shape index (κ3) is 3.01. The molecule has 18 heavy (non-hydrogen) atoms. The van der Waals surface area contributed by atoms with Gasteiger partial charge in [-0.3, -0.25) is 0 Å². The largest absolute Gasteiger partial charge is 0.519 e. The lowest BCUT2D eigenvalue weighted by Crippen LogP contribution is -2.13. The zero-order valence-electron chi connectivity index (χ0n) is 9.92. The molecule has 4 heteroatoms. The van der Waals surface area contributed by atoms with Crippen LogP contribution in [0.2, 0.25) is 0 Å². The lowest BCUT2D eigenvalue weighted by molar-refractivity contribution is 0.152. The highest BCUT2D eigenvalue weighted by molar-refractivity contribution is 5.68. The van der Waals surface area contributed by atoms with Crippen molar-refractivity contribution in [2.24, 2.45) is 0 Å². The smallest absolute Gasteiger partial charge is 0.398 e. The number of carbonyl (C=O) groups excluding carboxylic acids is 1. The number of benzene rings is 2. The van der Waals surface area contributed by atoms with Crippen LogP contribution in [0, 0.1) is 6.92 Å². The van der Waals surface area contributed by atoms with Crippen molar-refractivity contribution < 1.29 is 14.3 Å². The summed E-state index contributed by atoms with van der Waals surface area (Å²) in [7, 11) is 0. The lowest BCUT2D eigenvalue weighted by atomic mass is 10.2. The minimum absolute atomic E-state index is 0.360. The second-order valence-electron chi connectivity index (χ2n) is 3.79. The van der Waals surface area contributed by atoms with E-state index in [0.717, 1.165) is 5.56 Å². The van der Waals surface area contributed by atoms with Gasteiger partial charge < -0.3 is 15.2 Å². The summed E-state index contributed by atoms with van der Waals surface area (Å²) < 4.78 is 10.00. The molecule has 92 valence electrons. The van der Waals surface area contributed by atoms with E-state index in [1.54, 1.807) is 42.5 Å². The van der Waals surface area contributed by atoms with E-state index in [1.807, 2.05) is 13.0 Å². The van der Waals surface area contributed by atoms with Crippen molar-refractivity contribution in [3.05, 3.63) is 54.1 Å². The number of hydrogen-bond donors (Lipinski definition) is 1. The Hall–Kier alpha value is -2.49. The van der Waals surface area contributed by atoms with E-state index in [1.165, 1.54) is 0 Å². The Morgan fingerprint density at radius 3 is 2.33 bits per heavy atom. The minimum Gasteiger partial charge on any atom is -0.398 e. The summed E-state index contributed by atoms with van der Waals surface area (Å²) in [4.78, 5) is 11.5. The van der Waals surface area contributed by atoms with Crippen molar-refractivity contribution in [2.45, 2.75) is 6.92 Å². The minimum atomic E-state index is -0.788. The van der Waals surface area contributed by atoms with E-state index in [4.69, 9.17) is 15.2 Å². The van der Waals surface area contributed by atoms with Crippen molar-refractivity contribution >= 4 is 11.8 Å². The highest BCUT2D eigenvalue weighted by atomic mass is 16.7. The molecule has 2 rings (SSSR count). The number of rotatable bonds is 2. The van der Waals surface area contributed by atoms with Gasteiger partial charge in [0.05, 0.1) is 0 Å². The van der Waals surface area contributed by atoms with Crippen LogP contribution in [-0.4, -0.2) is 6.16 Å². The molecule has 2 aromatic carbocycles. The molecule has 0 aliphatic heterocycles. The Kier molecular flexibility index (Phi) is 3.48. The summed E-state index contributed by atoms with van der Waals surface area (Å²) >= 11 is 0. The Morgan fingerprint density at radius 2 is 1.67 bits per heavy atom. The average molecular weight is 243 g/mol. The fourth-order valence-corrected chi connectivity index (χ4v) is 1.38. The van der Waals surface area contributed by atoms with Crippen LogP contribution in [-0.2, 0) is 0 Å². The molecule has 4 nitrogen and oxygen atoms in total. The summed E-state index contributed by atoms with van der Waals surface area (Å²) in [5.74, 6) is 0.793. The predicted molar refractivity (Wildman–Crippen MR) is 68.7 cm³/mol. The monoisotopic (exact) mass is 243 g/mol. The second-order valence-corrected chi connectivity index (χ2v) is 3.79. The van der Waals surface area contributed by atoms with Gasteiger partial charge in [-0.15, -0.1) is 0 Å². The van der Waals surface area contributed by atoms with Gasteiger partial charge in [-0.05, 0) is 30.7 Å². The molecule has 0 heterocycles. The van der Waals surface area contributed by atoms with E-state index < -0.39 is 6.16 Å². The first-order valence-electron chi connectivity index (χ1n) is 5.46. The molecule has 0 fully saturated rings. The molecule has 0 amide bonds. The van der Waals surface area contributed by atoms with Crippen LogP contribution in [0.3, 0.4) is 0 Å². The maximum Gasteiger partial charge on any atom is 0.519 e. The fraction of sp³-hybridized carbons (Fsp3) is 0.0714. The maximum absolute atomic E-state index is 11.5. The third-order valence-corrected chi connectivity index (χ3v) is 2.40. The summed E-state index contributed by atoms with van der Waals surface area (Å²) in [6, 6.07) is 13.7. The summed E-state index contributed by atoms with van der Waals surface area (Å²) in [6.07, 6.45) is -0.788. The quantitative estimate of drug-likeness (QED) is 0.500. The molecule has 0 aromatic heterocycles. The summed E-state index contributed by atoms with van der Waals surface area (Å²) in [6.45, 7) is 1.88. The van der Waals surface area contributed by atoms with E-state index in [2.05, 4.69) is 0 Å². The molecule has 0 aliphatic rings. The molecule has 0 saturated carbocycles. The van der Waals surface area contributed by atoms with Gasteiger partial charge in [-0.25, -0.2) is 4.79 Å². The van der Waals surface area contributed by atoms with Crippen molar-refractivity contribution in [2.75, 3.05) is 5.73 Å². The SMILES string of the molecule is Cc1ccc(OC(=O)Oc2ccccc2)cc1N. The Labute approximate surface area is 105 Å². The Bertz CT molecular complexity index is 552. The van der Waals surface area contributed by atoms with Crippen LogP contribution >= 0.6 is 0 Å². The third-order valence-electron chi connectivity index (χ3n) is 2.40. The van der Waals surface area contributed by atoms with Crippen LogP contribution in [0.25, 0.3) is 0 Å². The first kappa shape index (κ1) is 12.0. The molecular formula is C14H13NO3. The number of hydrogen-bond acceptors (Lipinski definition) is 4. The zero-order chi connectivity index (χ0) is 13.0. The molecule has 0 bridgehead atoms. The number of aryl methyl sites for hydroxylation is 1. The maximum atomic E-state index is 11.5. The van der Waals surface area contributed by atoms with Gasteiger partial charge in [0.1, 0.15) is 11.5 Å². The first-order valence-corrected chi connectivity index (χ1v) is 5.46. The first-order chi connectivity index (χ1) is 8.65. The molecule has 0 spiro atoms. The number of para-hydroxylation sites is 1. The van der Waals surface area contributed by atoms with Crippen LogP contribution < -0.4 is 15.2 Å². The average Bonchev–Trinajstić information content (AvgIpc) is 2.35. The molecule has 0 saturated heterocycles. The predicted octanol–water partition coefficient (Wildman–Crippen LogP) is 3.16. The van der Waals surface area contributed by atoms with Gasteiger partial charge in [-0.2, -0.15) is 0 Å². The fourth-order valence-electron chi connectivity index (χ4n) is 1.38. The Morgan fingerprint density at radius 1 is 1.00 bits per heavy atom. The van der Waals surface area contributed by atoms with Crippen LogP contribution in [0.4, 0.5) is 10.5 Å². The molecule has 2 N–H and O–H groups in total. The van der Waals surface area contributed by atoms with Crippen molar-refractivity contribution in [3.63, 3.8) is 0 Å². The summed E-state index contributed by atoms with van der Waals surface area (Å²) in [5, 5.41) is 0. The van der Waals surface area contributed by atoms with Crippen LogP contribution in [0.15, 0.2) is 48.5 Å². The van der Waals surface area contributed by atoms with Gasteiger partial charge in [0.15, 0.2) is 0 Å². The topological polar surface area (TPSA) is 61.5 Å². The Balaban J connectivity index is 2.01. The van der Waals surface area contributed by atoms with Crippen LogP contribution in [0.1, 0.15) is 5.56 Å². The van der Waals surface area contributed by atoms with Gasteiger partial charge in [-0.1, -0.05) is 24.3 Å². The van der Waals surface area contributed by atoms with E-state index >= 15 is 0 Å². The standard InChI is InChI=1S/C14H13NO3/c1-10-7-8-12(9-13(10)15)18-14(16)17-11-5-3-2-4-6-11/h2-9H,15H2,1H3. The number of carbonyl (C=O) groups is 1. The molecule has 0 atom stereocenters. The van der Waals surface area contributed by atoms with E-state index in [0.29, 0.717) is 17.2 Å².